The van der Waals surface area contributed by atoms with E-state index in [0.29, 0.717) is 16.6 Å². The number of nitrogen functional groups attached to an aromatic ring is 1. The molecule has 0 aliphatic heterocycles. The molecule has 3 N–H and O–H groups in total. The summed E-state index contributed by atoms with van der Waals surface area (Å²) in [6.07, 6.45) is 4.81. The van der Waals surface area contributed by atoms with E-state index in [4.69, 9.17) is 5.73 Å². The van der Waals surface area contributed by atoms with Gasteiger partial charge in [0.15, 0.2) is 10.8 Å². The predicted octanol–water partition coefficient (Wildman–Crippen LogP) is 2.34. The summed E-state index contributed by atoms with van der Waals surface area (Å²) in [5, 5.41) is 8.46. The molecular weight excluding hydrogens is 418 g/mol. The van der Waals surface area contributed by atoms with E-state index in [9.17, 15) is 4.79 Å². The molecule has 0 aliphatic rings. The smallest absolute Gasteiger partial charge is 0.250 e. The average molecular weight is 432 g/mol. The molecule has 1 aromatic carbocycles. The third-order valence-corrected chi connectivity index (χ3v) is 4.43. The maximum Gasteiger partial charge on any atom is 0.250 e. The maximum atomic E-state index is 11.9. The number of anilines is 1. The molecule has 0 unspecified atom stereocenters. The summed E-state index contributed by atoms with van der Waals surface area (Å²) in [5.41, 5.74) is 9.79. The maximum absolute atomic E-state index is 11.9. The van der Waals surface area contributed by atoms with Crippen LogP contribution in [-0.4, -0.2) is 37.5 Å². The number of fused-ring (bicyclic) bond motifs is 1. The highest BCUT2D eigenvalue weighted by Crippen LogP contribution is 2.17. The van der Waals surface area contributed by atoms with Crippen LogP contribution < -0.4 is 11.2 Å². The second-order valence-electron chi connectivity index (χ2n) is 5.02. The monoisotopic (exact) mass is 431 g/mol. The van der Waals surface area contributed by atoms with Gasteiger partial charge in [-0.05, 0) is 27.6 Å². The Kier molecular flexibility index (Phi) is 5.97. The minimum absolute atomic E-state index is 0.114. The average Bonchev–Trinajstić information content (AvgIpc) is 3.09. The summed E-state index contributed by atoms with van der Waals surface area (Å²) in [6, 6.07) is 11.4. The Labute approximate surface area is 161 Å². The van der Waals surface area contributed by atoms with Crippen molar-refractivity contribution in [2.75, 3.05) is 11.5 Å². The quantitative estimate of drug-likeness (QED) is 0.268. The van der Waals surface area contributed by atoms with Crippen molar-refractivity contribution < 1.29 is 4.79 Å². The van der Waals surface area contributed by atoms with Gasteiger partial charge in [-0.1, -0.05) is 42.1 Å². The first kappa shape index (κ1) is 18.1. The van der Waals surface area contributed by atoms with Crippen LogP contribution in [-0.2, 0) is 4.79 Å². The van der Waals surface area contributed by atoms with Crippen LogP contribution in [0.5, 0.6) is 0 Å². The third-order valence-electron chi connectivity index (χ3n) is 3.07. The highest BCUT2D eigenvalue weighted by Gasteiger charge is 2.09. The lowest BCUT2D eigenvalue weighted by molar-refractivity contribution is -0.118. The van der Waals surface area contributed by atoms with E-state index in [-0.39, 0.29) is 11.7 Å². The second kappa shape index (κ2) is 8.59. The molecule has 2 aromatic heterocycles. The topological polar surface area (TPSA) is 111 Å². The number of rotatable bonds is 6. The molecule has 0 aliphatic carbocycles. The number of nitrogens with zero attached hydrogens (tertiary/aromatic N) is 5. The van der Waals surface area contributed by atoms with E-state index in [1.807, 2.05) is 36.4 Å². The van der Waals surface area contributed by atoms with Gasteiger partial charge in [0.25, 0.3) is 5.91 Å². The zero-order chi connectivity index (χ0) is 18.4. The van der Waals surface area contributed by atoms with Gasteiger partial charge in [-0.15, -0.1) is 0 Å². The lowest BCUT2D eigenvalue weighted by Gasteiger charge is -2.03. The molecule has 0 spiro atoms. The first-order valence-electron chi connectivity index (χ1n) is 7.45. The first-order chi connectivity index (χ1) is 12.6. The SMILES string of the molecule is Nc1cc2ncnn2c(SCC(=O)N/N=C/C(Br)=C\c2ccccc2)n1. The largest absolute Gasteiger partial charge is 0.383 e. The first-order valence-corrected chi connectivity index (χ1v) is 9.23. The Morgan fingerprint density at radius 2 is 2.19 bits per heavy atom. The molecule has 2 heterocycles. The van der Waals surface area contributed by atoms with E-state index in [0.717, 1.165) is 10.0 Å². The van der Waals surface area contributed by atoms with Crippen LogP contribution in [0.15, 0.2) is 57.5 Å². The molecule has 1 amide bonds. The number of hydrogen-bond acceptors (Lipinski definition) is 7. The molecule has 26 heavy (non-hydrogen) atoms. The van der Waals surface area contributed by atoms with Gasteiger partial charge in [-0.2, -0.15) is 14.7 Å². The standard InChI is InChI=1S/C16H14BrN7OS/c17-12(6-11-4-2-1-3-5-11)8-20-23-15(25)9-26-16-22-13(18)7-14-19-10-21-24(14)16/h1-8,10H,9,18H2,(H,23,25)/b12-6+,20-8+. The fraction of sp³-hybridized carbons (Fsp3) is 0.0625. The van der Waals surface area contributed by atoms with Gasteiger partial charge in [0.2, 0.25) is 0 Å². The summed E-state index contributed by atoms with van der Waals surface area (Å²) >= 11 is 4.58. The lowest BCUT2D eigenvalue weighted by atomic mass is 10.2. The van der Waals surface area contributed by atoms with Crippen LogP contribution in [0.4, 0.5) is 5.82 Å². The van der Waals surface area contributed by atoms with Gasteiger partial charge in [0.05, 0.1) is 12.0 Å². The molecule has 132 valence electrons. The Morgan fingerprint density at radius 3 is 3.00 bits per heavy atom. The zero-order valence-corrected chi connectivity index (χ0v) is 15.8. The molecule has 10 heteroatoms. The zero-order valence-electron chi connectivity index (χ0n) is 13.4. The highest BCUT2D eigenvalue weighted by atomic mass is 79.9. The fourth-order valence-electron chi connectivity index (χ4n) is 1.99. The number of allylic oxidation sites excluding steroid dienone is 1. The second-order valence-corrected chi connectivity index (χ2v) is 6.87. The number of aromatic nitrogens is 4. The van der Waals surface area contributed by atoms with Crippen molar-refractivity contribution in [3.63, 3.8) is 0 Å². The number of nitrogens with one attached hydrogen (secondary N) is 1. The molecule has 8 nitrogen and oxygen atoms in total. The Balaban J connectivity index is 1.54. The fourth-order valence-corrected chi connectivity index (χ4v) is 3.11. The van der Waals surface area contributed by atoms with Crippen LogP contribution in [0.25, 0.3) is 11.7 Å². The molecule has 3 rings (SSSR count). The number of halogens is 1. The summed E-state index contributed by atoms with van der Waals surface area (Å²) in [5.74, 6) is 0.160. The van der Waals surface area contributed by atoms with E-state index < -0.39 is 0 Å². The van der Waals surface area contributed by atoms with Gasteiger partial charge < -0.3 is 5.73 Å². The molecule has 0 fully saturated rings. The number of carbonyl (C=O) groups excluding carboxylic acids is 1. The molecule has 3 aromatic rings. The third kappa shape index (κ3) is 4.90. The lowest BCUT2D eigenvalue weighted by Crippen LogP contribution is -2.20. The van der Waals surface area contributed by atoms with Crippen molar-refractivity contribution in [3.8, 4) is 0 Å². The summed E-state index contributed by atoms with van der Waals surface area (Å²) in [7, 11) is 0. The van der Waals surface area contributed by atoms with Gasteiger partial charge in [-0.25, -0.2) is 15.4 Å². The minimum atomic E-state index is -0.274. The van der Waals surface area contributed by atoms with E-state index in [2.05, 4.69) is 41.5 Å². The number of hydrogen-bond donors (Lipinski definition) is 2. The summed E-state index contributed by atoms with van der Waals surface area (Å²) in [6.45, 7) is 0. The molecule has 0 saturated heterocycles. The Hall–Kier alpha value is -2.72. The van der Waals surface area contributed by atoms with Crippen LogP contribution in [0.1, 0.15) is 5.56 Å². The molecular formula is C16H14BrN7OS. The van der Waals surface area contributed by atoms with Gasteiger partial charge in [0.1, 0.15) is 12.1 Å². The van der Waals surface area contributed by atoms with Crippen molar-refractivity contribution in [3.05, 3.63) is 52.8 Å². The molecule has 0 atom stereocenters. The van der Waals surface area contributed by atoms with E-state index in [1.54, 1.807) is 6.07 Å². The van der Waals surface area contributed by atoms with Crippen molar-refractivity contribution >= 4 is 57.4 Å². The van der Waals surface area contributed by atoms with E-state index in [1.165, 1.54) is 28.8 Å². The molecule has 0 radical (unpaired) electrons. The van der Waals surface area contributed by atoms with E-state index >= 15 is 0 Å². The number of thioether (sulfide) groups is 1. The highest BCUT2D eigenvalue weighted by molar-refractivity contribution is 9.12. The molecule has 0 saturated carbocycles. The summed E-state index contributed by atoms with van der Waals surface area (Å²) < 4.78 is 2.26. The number of carbonyl (C=O) groups is 1. The van der Waals surface area contributed by atoms with Crippen molar-refractivity contribution in [2.24, 2.45) is 5.10 Å². The van der Waals surface area contributed by atoms with Crippen molar-refractivity contribution in [1.29, 1.82) is 0 Å². The molecule has 0 bridgehead atoms. The number of hydrazone groups is 1. The van der Waals surface area contributed by atoms with Gasteiger partial charge in [0, 0.05) is 10.5 Å². The number of nitrogens with two attached hydrogens (primary N) is 1. The van der Waals surface area contributed by atoms with Crippen LogP contribution >= 0.6 is 27.7 Å². The Morgan fingerprint density at radius 1 is 1.38 bits per heavy atom. The minimum Gasteiger partial charge on any atom is -0.383 e. The predicted molar refractivity (Wildman–Crippen MR) is 106 cm³/mol. The number of benzene rings is 1. The van der Waals surface area contributed by atoms with Crippen LogP contribution in [0.2, 0.25) is 0 Å². The van der Waals surface area contributed by atoms with Gasteiger partial charge in [-0.3, -0.25) is 4.79 Å². The van der Waals surface area contributed by atoms with Crippen LogP contribution in [0.3, 0.4) is 0 Å². The van der Waals surface area contributed by atoms with Gasteiger partial charge >= 0.3 is 0 Å². The van der Waals surface area contributed by atoms with Crippen LogP contribution in [0, 0.1) is 0 Å². The van der Waals surface area contributed by atoms with Crippen molar-refractivity contribution in [1.82, 2.24) is 25.0 Å². The number of amides is 1. The Bertz CT molecular complexity index is 971. The van der Waals surface area contributed by atoms with Crippen molar-refractivity contribution in [2.45, 2.75) is 5.16 Å². The normalized spacial score (nSPS) is 12.0. The summed E-state index contributed by atoms with van der Waals surface area (Å²) in [4.78, 5) is 20.2.